The Morgan fingerprint density at radius 1 is 1.57 bits per heavy atom. The maximum Gasteiger partial charge on any atom is 0.162 e. The zero-order valence-corrected chi connectivity index (χ0v) is 8.96. The molecule has 0 atom stereocenters. The van der Waals surface area contributed by atoms with Gasteiger partial charge in [0.1, 0.15) is 6.07 Å². The molecule has 1 aromatic carbocycles. The third kappa shape index (κ3) is 1.73. The molecule has 0 spiro atoms. The molecule has 0 amide bonds. The van der Waals surface area contributed by atoms with E-state index >= 15 is 0 Å². The van der Waals surface area contributed by atoms with E-state index in [1.165, 1.54) is 13.0 Å². The monoisotopic (exact) mass is 251 g/mol. The van der Waals surface area contributed by atoms with E-state index < -0.39 is 0 Å². The van der Waals surface area contributed by atoms with Crippen LogP contribution >= 0.6 is 15.9 Å². The molecule has 4 heteroatoms. The zero-order valence-electron chi connectivity index (χ0n) is 7.37. The van der Waals surface area contributed by atoms with Crippen molar-refractivity contribution in [1.82, 2.24) is 0 Å². The first-order valence-corrected chi connectivity index (χ1v) is 4.59. The number of nitrogens with zero attached hydrogens (tertiary/aromatic N) is 1. The number of halogens is 1. The van der Waals surface area contributed by atoms with E-state index in [2.05, 4.69) is 15.9 Å². The van der Waals surface area contributed by atoms with Gasteiger partial charge < -0.3 is 0 Å². The second-order valence-corrected chi connectivity index (χ2v) is 3.53. The summed E-state index contributed by atoms with van der Waals surface area (Å²) in [5, 5.41) is 8.82. The molecule has 0 fully saturated rings. The largest absolute Gasteiger partial charge is 0.298 e. The van der Waals surface area contributed by atoms with E-state index in [1.54, 1.807) is 6.07 Å². The van der Waals surface area contributed by atoms with Gasteiger partial charge in [0, 0.05) is 15.6 Å². The van der Waals surface area contributed by atoms with Gasteiger partial charge in [0.25, 0.3) is 0 Å². The Morgan fingerprint density at radius 3 is 2.64 bits per heavy atom. The maximum absolute atomic E-state index is 11.2. The molecule has 0 unspecified atom stereocenters. The summed E-state index contributed by atoms with van der Waals surface area (Å²) in [6.07, 6.45) is 0.567. The standard InChI is InChI=1S/C10H6BrNO2/c1-6(14)10-8(4-12)7(5-13)2-3-9(10)11/h2-3,5H,1H3. The molecule has 0 aliphatic heterocycles. The van der Waals surface area contributed by atoms with Crippen molar-refractivity contribution in [2.45, 2.75) is 6.92 Å². The van der Waals surface area contributed by atoms with Crippen LogP contribution in [-0.2, 0) is 0 Å². The molecule has 0 heterocycles. The number of Topliss-reactive ketones (excluding diaryl/α,β-unsaturated/α-hetero) is 1. The van der Waals surface area contributed by atoms with E-state index in [1.807, 2.05) is 6.07 Å². The highest BCUT2D eigenvalue weighted by Gasteiger charge is 2.14. The Bertz CT molecular complexity index is 446. The van der Waals surface area contributed by atoms with Gasteiger partial charge in [0.15, 0.2) is 12.1 Å². The maximum atomic E-state index is 11.2. The molecule has 14 heavy (non-hydrogen) atoms. The molecule has 0 radical (unpaired) electrons. The Balaban J connectivity index is 3.61. The highest BCUT2D eigenvalue weighted by molar-refractivity contribution is 9.10. The predicted octanol–water partition coefficient (Wildman–Crippen LogP) is 2.34. The minimum absolute atomic E-state index is 0.127. The smallest absolute Gasteiger partial charge is 0.162 e. The second kappa shape index (κ2) is 4.16. The fourth-order valence-corrected chi connectivity index (χ4v) is 1.77. The lowest BCUT2D eigenvalue weighted by atomic mass is 10.0. The van der Waals surface area contributed by atoms with Crippen LogP contribution in [0.2, 0.25) is 0 Å². The average molecular weight is 252 g/mol. The van der Waals surface area contributed by atoms with E-state index in [0.717, 1.165) is 0 Å². The van der Waals surface area contributed by atoms with Crippen LogP contribution in [0.3, 0.4) is 0 Å². The third-order valence-electron chi connectivity index (χ3n) is 1.78. The fraction of sp³-hybridized carbons (Fsp3) is 0.100. The Hall–Kier alpha value is -1.47. The number of carbonyl (C=O) groups excluding carboxylic acids is 2. The average Bonchev–Trinajstić information content (AvgIpc) is 2.16. The minimum atomic E-state index is -0.239. The fourth-order valence-electron chi connectivity index (χ4n) is 1.16. The predicted molar refractivity (Wildman–Crippen MR) is 54.2 cm³/mol. The number of benzene rings is 1. The molecule has 70 valence electrons. The lowest BCUT2D eigenvalue weighted by Gasteiger charge is -2.04. The van der Waals surface area contributed by atoms with E-state index in [-0.39, 0.29) is 22.5 Å². The van der Waals surface area contributed by atoms with Crippen LogP contribution in [0.5, 0.6) is 0 Å². The summed E-state index contributed by atoms with van der Waals surface area (Å²) in [5.41, 5.74) is 0.625. The number of carbonyl (C=O) groups is 2. The van der Waals surface area contributed by atoms with Gasteiger partial charge in [-0.25, -0.2) is 0 Å². The SMILES string of the molecule is CC(=O)c1c(Br)ccc(C=O)c1C#N. The van der Waals surface area contributed by atoms with Crippen LogP contribution in [-0.4, -0.2) is 12.1 Å². The summed E-state index contributed by atoms with van der Waals surface area (Å²) >= 11 is 3.16. The van der Waals surface area contributed by atoms with Crippen molar-refractivity contribution in [3.63, 3.8) is 0 Å². The molecule has 1 aromatic rings. The molecule has 0 bridgehead atoms. The van der Waals surface area contributed by atoms with Gasteiger partial charge in [-0.15, -0.1) is 0 Å². The first-order valence-electron chi connectivity index (χ1n) is 3.80. The third-order valence-corrected chi connectivity index (χ3v) is 2.44. The lowest BCUT2D eigenvalue weighted by Crippen LogP contribution is -2.01. The van der Waals surface area contributed by atoms with Gasteiger partial charge in [-0.3, -0.25) is 9.59 Å². The van der Waals surface area contributed by atoms with Gasteiger partial charge in [0.2, 0.25) is 0 Å². The lowest BCUT2D eigenvalue weighted by molar-refractivity contribution is 0.101. The number of hydrogen-bond donors (Lipinski definition) is 0. The molecule has 0 aromatic heterocycles. The summed E-state index contributed by atoms with van der Waals surface area (Å²) in [4.78, 5) is 21.8. The van der Waals surface area contributed by atoms with Crippen LogP contribution in [0.25, 0.3) is 0 Å². The van der Waals surface area contributed by atoms with Gasteiger partial charge in [-0.05, 0) is 35.0 Å². The molecule has 0 saturated heterocycles. The Morgan fingerprint density at radius 2 is 2.21 bits per heavy atom. The summed E-state index contributed by atoms with van der Waals surface area (Å²) in [5.74, 6) is -0.239. The quantitative estimate of drug-likeness (QED) is 0.599. The summed E-state index contributed by atoms with van der Waals surface area (Å²) in [6, 6.07) is 4.94. The molecule has 3 nitrogen and oxygen atoms in total. The number of ketones is 1. The van der Waals surface area contributed by atoms with Crippen molar-refractivity contribution in [3.8, 4) is 6.07 Å². The highest BCUT2D eigenvalue weighted by Crippen LogP contribution is 2.23. The van der Waals surface area contributed by atoms with Gasteiger partial charge in [-0.1, -0.05) is 0 Å². The number of hydrogen-bond acceptors (Lipinski definition) is 3. The molecule has 0 N–H and O–H groups in total. The van der Waals surface area contributed by atoms with Crippen LogP contribution in [0.4, 0.5) is 0 Å². The van der Waals surface area contributed by atoms with Crippen molar-refractivity contribution in [1.29, 1.82) is 5.26 Å². The summed E-state index contributed by atoms with van der Waals surface area (Å²) in [6.45, 7) is 1.36. The summed E-state index contributed by atoms with van der Waals surface area (Å²) in [7, 11) is 0. The molecule has 0 aliphatic rings. The molecule has 0 saturated carbocycles. The summed E-state index contributed by atoms with van der Waals surface area (Å²) < 4.78 is 0.534. The Kier molecular flexibility index (Phi) is 3.15. The van der Waals surface area contributed by atoms with Gasteiger partial charge in [0.05, 0.1) is 5.56 Å². The molecular formula is C10H6BrNO2. The van der Waals surface area contributed by atoms with E-state index in [4.69, 9.17) is 5.26 Å². The molecule has 0 aliphatic carbocycles. The first-order chi connectivity index (χ1) is 6.61. The topological polar surface area (TPSA) is 57.9 Å². The molecule has 1 rings (SSSR count). The molecular weight excluding hydrogens is 246 g/mol. The van der Waals surface area contributed by atoms with Crippen LogP contribution in [0.15, 0.2) is 16.6 Å². The van der Waals surface area contributed by atoms with Crippen molar-refractivity contribution >= 4 is 28.0 Å². The normalized spacial score (nSPS) is 9.21. The van der Waals surface area contributed by atoms with Crippen LogP contribution in [0, 0.1) is 11.3 Å². The first kappa shape index (κ1) is 10.6. The van der Waals surface area contributed by atoms with Crippen LogP contribution in [0.1, 0.15) is 33.2 Å². The van der Waals surface area contributed by atoms with E-state index in [0.29, 0.717) is 10.8 Å². The van der Waals surface area contributed by atoms with Gasteiger partial charge in [-0.2, -0.15) is 5.26 Å². The number of nitriles is 1. The van der Waals surface area contributed by atoms with Crippen molar-refractivity contribution in [2.75, 3.05) is 0 Å². The number of aldehydes is 1. The number of rotatable bonds is 2. The van der Waals surface area contributed by atoms with E-state index in [9.17, 15) is 9.59 Å². The van der Waals surface area contributed by atoms with Crippen molar-refractivity contribution < 1.29 is 9.59 Å². The van der Waals surface area contributed by atoms with Crippen LogP contribution < -0.4 is 0 Å². The Labute approximate surface area is 89.5 Å². The highest BCUT2D eigenvalue weighted by atomic mass is 79.9. The van der Waals surface area contributed by atoms with Crippen molar-refractivity contribution in [3.05, 3.63) is 33.3 Å². The minimum Gasteiger partial charge on any atom is -0.298 e. The van der Waals surface area contributed by atoms with Crippen molar-refractivity contribution in [2.24, 2.45) is 0 Å². The van der Waals surface area contributed by atoms with Gasteiger partial charge >= 0.3 is 0 Å². The second-order valence-electron chi connectivity index (χ2n) is 2.67. The zero-order chi connectivity index (χ0) is 10.7.